The molecule has 0 saturated heterocycles. The number of halogens is 3. The topological polar surface area (TPSA) is 45.0 Å². The van der Waals surface area contributed by atoms with Gasteiger partial charge in [-0.25, -0.2) is 0 Å². The molecule has 1 aromatic rings. The Morgan fingerprint density at radius 1 is 1.40 bits per heavy atom. The Bertz CT molecular complexity index is 516. The second kappa shape index (κ2) is 5.71. The van der Waals surface area contributed by atoms with Crippen LogP contribution in [0.1, 0.15) is 24.0 Å². The molecule has 3 nitrogen and oxygen atoms in total. The summed E-state index contributed by atoms with van der Waals surface area (Å²) >= 11 is 0. The van der Waals surface area contributed by atoms with Gasteiger partial charge in [0.05, 0.1) is 23.3 Å². The number of hydrogen-bond acceptors (Lipinski definition) is 3. The number of benzene rings is 1. The van der Waals surface area contributed by atoms with Crippen molar-refractivity contribution in [3.63, 3.8) is 0 Å². The molecule has 0 heterocycles. The number of nitrogens with one attached hydrogen (secondary N) is 1. The largest absolute Gasteiger partial charge is 0.490 e. The molecule has 108 valence electrons. The lowest BCUT2D eigenvalue weighted by Crippen LogP contribution is -2.38. The van der Waals surface area contributed by atoms with Crippen molar-refractivity contribution in [2.45, 2.75) is 25.1 Å². The van der Waals surface area contributed by atoms with Crippen LogP contribution in [0.5, 0.6) is 5.75 Å². The molecule has 2 rings (SSSR count). The smallest absolute Gasteiger partial charge is 0.417 e. The zero-order chi connectivity index (χ0) is 14.8. The second-order valence-corrected chi connectivity index (χ2v) is 4.95. The highest BCUT2D eigenvalue weighted by Crippen LogP contribution is 2.35. The summed E-state index contributed by atoms with van der Waals surface area (Å²) in [5.41, 5.74) is -1.32. The van der Waals surface area contributed by atoms with Gasteiger partial charge in [-0.1, -0.05) is 0 Å². The van der Waals surface area contributed by atoms with Gasteiger partial charge in [-0.05, 0) is 50.6 Å². The summed E-state index contributed by atoms with van der Waals surface area (Å²) in [6, 6.07) is 4.91. The molecule has 0 amide bonds. The molecular formula is C14H15F3N2O. The fourth-order valence-electron chi connectivity index (χ4n) is 2.35. The standard InChI is InChI=1S/C14H15F3N2O/c1-19-8-9-4-12(5-9)20-11-2-3-13(14(15,16)17)10(6-11)7-18/h2-3,6,9,12,19H,4-5,8H2,1H3. The molecule has 0 bridgehead atoms. The molecule has 1 N–H and O–H groups in total. The van der Waals surface area contributed by atoms with Gasteiger partial charge in [0.2, 0.25) is 0 Å². The Balaban J connectivity index is 2.03. The van der Waals surface area contributed by atoms with E-state index in [1.807, 2.05) is 7.05 Å². The maximum Gasteiger partial charge on any atom is 0.417 e. The van der Waals surface area contributed by atoms with Gasteiger partial charge in [0.25, 0.3) is 0 Å². The minimum Gasteiger partial charge on any atom is -0.490 e. The lowest BCUT2D eigenvalue weighted by Gasteiger charge is -2.35. The summed E-state index contributed by atoms with van der Waals surface area (Å²) < 4.78 is 43.5. The first kappa shape index (κ1) is 14.7. The van der Waals surface area contributed by atoms with Crippen molar-refractivity contribution in [2.75, 3.05) is 13.6 Å². The molecule has 0 aliphatic heterocycles. The molecular weight excluding hydrogens is 269 g/mol. The molecule has 1 aliphatic carbocycles. The first-order valence-corrected chi connectivity index (χ1v) is 6.36. The van der Waals surface area contributed by atoms with Gasteiger partial charge in [-0.2, -0.15) is 18.4 Å². The summed E-state index contributed by atoms with van der Waals surface area (Å²) in [6.07, 6.45) is -2.73. The summed E-state index contributed by atoms with van der Waals surface area (Å²) in [7, 11) is 1.88. The zero-order valence-corrected chi connectivity index (χ0v) is 11.0. The number of alkyl halides is 3. The third-order valence-electron chi connectivity index (χ3n) is 3.40. The van der Waals surface area contributed by atoms with E-state index in [0.717, 1.165) is 31.5 Å². The molecule has 1 fully saturated rings. The van der Waals surface area contributed by atoms with E-state index in [9.17, 15) is 13.2 Å². The molecule has 20 heavy (non-hydrogen) atoms. The van der Waals surface area contributed by atoms with Crippen molar-refractivity contribution < 1.29 is 17.9 Å². The Hall–Kier alpha value is -1.74. The van der Waals surface area contributed by atoms with Crippen LogP contribution in [0.4, 0.5) is 13.2 Å². The predicted molar refractivity (Wildman–Crippen MR) is 67.2 cm³/mol. The van der Waals surface area contributed by atoms with E-state index in [0.29, 0.717) is 11.7 Å². The number of rotatable bonds is 4. The van der Waals surface area contributed by atoms with Crippen LogP contribution >= 0.6 is 0 Å². The number of ether oxygens (including phenoxy) is 1. The van der Waals surface area contributed by atoms with Crippen molar-refractivity contribution in [3.05, 3.63) is 29.3 Å². The first-order chi connectivity index (χ1) is 9.44. The molecule has 0 radical (unpaired) electrons. The van der Waals surface area contributed by atoms with E-state index >= 15 is 0 Å². The molecule has 1 saturated carbocycles. The van der Waals surface area contributed by atoms with E-state index < -0.39 is 17.3 Å². The molecule has 0 unspecified atom stereocenters. The van der Waals surface area contributed by atoms with Gasteiger partial charge in [0, 0.05) is 0 Å². The van der Waals surface area contributed by atoms with E-state index in [-0.39, 0.29) is 6.10 Å². The minimum absolute atomic E-state index is 0.0247. The summed E-state index contributed by atoms with van der Waals surface area (Å²) in [6.45, 7) is 0.913. The molecule has 6 heteroatoms. The number of nitrogens with zero attached hydrogens (tertiary/aromatic N) is 1. The van der Waals surface area contributed by atoms with Crippen molar-refractivity contribution in [1.82, 2.24) is 5.32 Å². The first-order valence-electron chi connectivity index (χ1n) is 6.36. The number of nitriles is 1. The van der Waals surface area contributed by atoms with Crippen LogP contribution < -0.4 is 10.1 Å². The number of hydrogen-bond donors (Lipinski definition) is 1. The molecule has 0 spiro atoms. The molecule has 0 aromatic heterocycles. The fourth-order valence-corrected chi connectivity index (χ4v) is 2.35. The van der Waals surface area contributed by atoms with Gasteiger partial charge >= 0.3 is 6.18 Å². The molecule has 0 atom stereocenters. The summed E-state index contributed by atoms with van der Waals surface area (Å²) in [5.74, 6) is 0.873. The van der Waals surface area contributed by atoms with Crippen LogP contribution in [-0.4, -0.2) is 19.7 Å². The van der Waals surface area contributed by atoms with E-state index in [1.165, 1.54) is 6.07 Å². The van der Waals surface area contributed by atoms with Crippen LogP contribution in [0, 0.1) is 17.2 Å². The van der Waals surface area contributed by atoms with Gasteiger partial charge in [-0.3, -0.25) is 0 Å². The van der Waals surface area contributed by atoms with Crippen LogP contribution in [0.3, 0.4) is 0 Å². The summed E-state index contributed by atoms with van der Waals surface area (Å²) in [4.78, 5) is 0. The molecule has 1 aliphatic rings. The van der Waals surface area contributed by atoms with Gasteiger partial charge in [-0.15, -0.1) is 0 Å². The van der Waals surface area contributed by atoms with Crippen LogP contribution in [0.15, 0.2) is 18.2 Å². The average molecular weight is 284 g/mol. The van der Waals surface area contributed by atoms with Crippen LogP contribution in [0.25, 0.3) is 0 Å². The normalized spacial score (nSPS) is 21.9. The third kappa shape index (κ3) is 3.23. The van der Waals surface area contributed by atoms with E-state index in [4.69, 9.17) is 10.00 Å². The highest BCUT2D eigenvalue weighted by Gasteiger charge is 2.34. The lowest BCUT2D eigenvalue weighted by atomic mass is 9.82. The summed E-state index contributed by atoms with van der Waals surface area (Å²) in [5, 5.41) is 11.9. The van der Waals surface area contributed by atoms with Crippen molar-refractivity contribution in [3.8, 4) is 11.8 Å². The zero-order valence-electron chi connectivity index (χ0n) is 11.0. The van der Waals surface area contributed by atoms with Crippen molar-refractivity contribution in [1.29, 1.82) is 5.26 Å². The monoisotopic (exact) mass is 284 g/mol. The van der Waals surface area contributed by atoms with Gasteiger partial charge in [0.15, 0.2) is 0 Å². The molecule has 1 aromatic carbocycles. The van der Waals surface area contributed by atoms with E-state index in [2.05, 4.69) is 5.32 Å². The Morgan fingerprint density at radius 2 is 2.10 bits per heavy atom. The maximum atomic E-state index is 12.6. The maximum absolute atomic E-state index is 12.6. The van der Waals surface area contributed by atoms with Gasteiger partial charge < -0.3 is 10.1 Å². The Morgan fingerprint density at radius 3 is 2.65 bits per heavy atom. The average Bonchev–Trinajstić information content (AvgIpc) is 2.34. The Kier molecular flexibility index (Phi) is 4.19. The third-order valence-corrected chi connectivity index (χ3v) is 3.40. The highest BCUT2D eigenvalue weighted by molar-refractivity contribution is 5.44. The highest BCUT2D eigenvalue weighted by atomic mass is 19.4. The SMILES string of the molecule is CNCC1CC(Oc2ccc(C(F)(F)F)c(C#N)c2)C1. The van der Waals surface area contributed by atoms with Crippen LogP contribution in [0.2, 0.25) is 0 Å². The quantitative estimate of drug-likeness (QED) is 0.924. The lowest BCUT2D eigenvalue weighted by molar-refractivity contribution is -0.137. The van der Waals surface area contributed by atoms with Crippen LogP contribution in [-0.2, 0) is 6.18 Å². The van der Waals surface area contributed by atoms with E-state index in [1.54, 1.807) is 6.07 Å². The van der Waals surface area contributed by atoms with Crippen molar-refractivity contribution >= 4 is 0 Å². The predicted octanol–water partition coefficient (Wildman–Crippen LogP) is 2.95. The Labute approximate surface area is 115 Å². The fraction of sp³-hybridized carbons (Fsp3) is 0.500. The van der Waals surface area contributed by atoms with Crippen molar-refractivity contribution in [2.24, 2.45) is 5.92 Å². The minimum atomic E-state index is -4.52. The van der Waals surface area contributed by atoms with Gasteiger partial charge in [0.1, 0.15) is 5.75 Å². The second-order valence-electron chi connectivity index (χ2n) is 4.95.